The molecule has 32 heavy (non-hydrogen) atoms. The van der Waals surface area contributed by atoms with E-state index in [1.807, 2.05) is 66.7 Å². The number of nitrogens with one attached hydrogen (secondary N) is 2. The fraction of sp³-hybridized carbons (Fsp3) is 0. The zero-order valence-corrected chi connectivity index (χ0v) is 17.2. The number of amides is 1. The van der Waals surface area contributed by atoms with Gasteiger partial charge in [0.25, 0.3) is 5.91 Å². The molecule has 5 rings (SSSR count). The first kappa shape index (κ1) is 19.5. The predicted octanol–water partition coefficient (Wildman–Crippen LogP) is 5.66. The summed E-state index contributed by atoms with van der Waals surface area (Å²) in [5, 5.41) is 13.4. The van der Waals surface area contributed by atoms with E-state index in [2.05, 4.69) is 51.1 Å². The summed E-state index contributed by atoms with van der Waals surface area (Å²) < 4.78 is 0. The van der Waals surface area contributed by atoms with Crippen LogP contribution >= 0.6 is 0 Å². The highest BCUT2D eigenvalue weighted by molar-refractivity contribution is 5.94. The minimum absolute atomic E-state index is 0.346. The van der Waals surface area contributed by atoms with Gasteiger partial charge in [-0.05, 0) is 39.6 Å². The molecule has 0 atom stereocenters. The van der Waals surface area contributed by atoms with E-state index in [4.69, 9.17) is 0 Å². The molecule has 4 aromatic carbocycles. The molecule has 5 aromatic rings. The molecule has 154 valence electrons. The first-order valence-corrected chi connectivity index (χ1v) is 10.3. The van der Waals surface area contributed by atoms with Crippen molar-refractivity contribution in [3.63, 3.8) is 0 Å². The van der Waals surface area contributed by atoms with Gasteiger partial charge in [-0.3, -0.25) is 9.89 Å². The van der Waals surface area contributed by atoms with Gasteiger partial charge in [-0.15, -0.1) is 0 Å². The van der Waals surface area contributed by atoms with Gasteiger partial charge in [-0.25, -0.2) is 5.43 Å². The average molecular weight is 416 g/mol. The number of aromatic nitrogens is 2. The van der Waals surface area contributed by atoms with Crippen molar-refractivity contribution in [2.75, 3.05) is 0 Å². The van der Waals surface area contributed by atoms with Crippen molar-refractivity contribution in [1.82, 2.24) is 15.6 Å². The summed E-state index contributed by atoms with van der Waals surface area (Å²) in [7, 11) is 0. The lowest BCUT2D eigenvalue weighted by Crippen LogP contribution is -2.17. The maximum atomic E-state index is 12.4. The largest absolute Gasteiger partial charge is 0.289 e. The second-order valence-electron chi connectivity index (χ2n) is 7.42. The van der Waals surface area contributed by atoms with Crippen LogP contribution in [0.15, 0.2) is 108 Å². The van der Waals surface area contributed by atoms with Crippen LogP contribution in [0.2, 0.25) is 0 Å². The number of hydrogen-bond donors (Lipinski definition) is 2. The predicted molar refractivity (Wildman–Crippen MR) is 128 cm³/mol. The number of carbonyl (C=O) groups is 1. The SMILES string of the molecule is O=C(N/N=C/c1ccc(-c2ccccc2)cc1)c1cc(-c2ccc3ccccc3c2)n[nH]1. The van der Waals surface area contributed by atoms with Crippen LogP contribution in [0.1, 0.15) is 16.1 Å². The lowest BCUT2D eigenvalue weighted by Gasteiger charge is -2.01. The van der Waals surface area contributed by atoms with Crippen molar-refractivity contribution < 1.29 is 4.79 Å². The molecule has 0 aliphatic carbocycles. The molecular formula is C27H20N4O. The number of hydrazone groups is 1. The Hall–Kier alpha value is -4.51. The van der Waals surface area contributed by atoms with Crippen molar-refractivity contribution >= 4 is 22.9 Å². The fourth-order valence-corrected chi connectivity index (χ4v) is 3.55. The van der Waals surface area contributed by atoms with Crippen molar-refractivity contribution in [2.24, 2.45) is 5.10 Å². The molecule has 0 spiro atoms. The highest BCUT2D eigenvalue weighted by Gasteiger charge is 2.10. The van der Waals surface area contributed by atoms with Gasteiger partial charge in [0.1, 0.15) is 5.69 Å². The molecule has 0 saturated carbocycles. The van der Waals surface area contributed by atoms with Crippen molar-refractivity contribution in [2.45, 2.75) is 0 Å². The number of aromatic amines is 1. The molecule has 1 amide bonds. The lowest BCUT2D eigenvalue weighted by molar-refractivity contribution is 0.0950. The van der Waals surface area contributed by atoms with Crippen LogP contribution in [0, 0.1) is 0 Å². The summed E-state index contributed by atoms with van der Waals surface area (Å²) in [5.74, 6) is -0.346. The average Bonchev–Trinajstić information content (AvgIpc) is 3.35. The number of hydrogen-bond acceptors (Lipinski definition) is 3. The highest BCUT2D eigenvalue weighted by Crippen LogP contribution is 2.23. The number of rotatable bonds is 5. The summed E-state index contributed by atoms with van der Waals surface area (Å²) in [5.41, 5.74) is 7.74. The van der Waals surface area contributed by atoms with Gasteiger partial charge in [0, 0.05) is 5.56 Å². The summed E-state index contributed by atoms with van der Waals surface area (Å²) in [6.07, 6.45) is 1.62. The molecule has 1 heterocycles. The first-order chi connectivity index (χ1) is 15.8. The molecule has 0 fully saturated rings. The van der Waals surface area contributed by atoms with E-state index in [0.29, 0.717) is 11.4 Å². The van der Waals surface area contributed by atoms with Gasteiger partial charge in [0.15, 0.2) is 0 Å². The summed E-state index contributed by atoms with van der Waals surface area (Å²) in [4.78, 5) is 12.4. The van der Waals surface area contributed by atoms with Gasteiger partial charge in [-0.1, -0.05) is 91.0 Å². The number of nitrogens with zero attached hydrogens (tertiary/aromatic N) is 2. The number of H-pyrrole nitrogens is 1. The zero-order valence-electron chi connectivity index (χ0n) is 17.2. The Bertz CT molecular complexity index is 1400. The number of carbonyl (C=O) groups excluding carboxylic acids is 1. The van der Waals surface area contributed by atoms with Crippen LogP contribution in [0.25, 0.3) is 33.2 Å². The maximum absolute atomic E-state index is 12.4. The molecule has 0 saturated heterocycles. The fourth-order valence-electron chi connectivity index (χ4n) is 3.55. The van der Waals surface area contributed by atoms with Gasteiger partial charge in [-0.2, -0.15) is 10.2 Å². The molecule has 0 aliphatic heterocycles. The van der Waals surface area contributed by atoms with Gasteiger partial charge < -0.3 is 0 Å². The Morgan fingerprint density at radius 1 is 0.750 bits per heavy atom. The van der Waals surface area contributed by atoms with Crippen LogP contribution < -0.4 is 5.43 Å². The van der Waals surface area contributed by atoms with Crippen molar-refractivity contribution in [3.05, 3.63) is 114 Å². The van der Waals surface area contributed by atoms with Crippen LogP contribution in [-0.4, -0.2) is 22.3 Å². The van der Waals surface area contributed by atoms with Crippen LogP contribution in [0.4, 0.5) is 0 Å². The van der Waals surface area contributed by atoms with E-state index >= 15 is 0 Å². The molecule has 5 nitrogen and oxygen atoms in total. The smallest absolute Gasteiger partial charge is 0.272 e. The number of benzene rings is 4. The summed E-state index contributed by atoms with van der Waals surface area (Å²) in [6.45, 7) is 0. The molecule has 0 aliphatic rings. The van der Waals surface area contributed by atoms with E-state index in [9.17, 15) is 4.79 Å². The Morgan fingerprint density at radius 2 is 1.44 bits per heavy atom. The van der Waals surface area contributed by atoms with E-state index in [-0.39, 0.29) is 5.91 Å². The highest BCUT2D eigenvalue weighted by atomic mass is 16.2. The summed E-state index contributed by atoms with van der Waals surface area (Å²) >= 11 is 0. The van der Waals surface area contributed by atoms with Crippen LogP contribution in [0.3, 0.4) is 0 Å². The molecule has 0 unspecified atom stereocenters. The molecule has 5 heteroatoms. The molecule has 0 bridgehead atoms. The standard InChI is InChI=1S/C27H20N4O/c32-27(31-28-18-19-10-12-22(13-11-19)20-6-2-1-3-7-20)26-17-25(29-30-26)24-15-14-21-8-4-5-9-23(21)16-24/h1-18H,(H,29,30)(H,31,32)/b28-18+. The van der Waals surface area contributed by atoms with E-state index in [0.717, 1.165) is 33.0 Å². The first-order valence-electron chi connectivity index (χ1n) is 10.3. The van der Waals surface area contributed by atoms with E-state index in [1.54, 1.807) is 12.3 Å². The Labute approximate surface area is 185 Å². The third kappa shape index (κ3) is 4.18. The topological polar surface area (TPSA) is 70.1 Å². The zero-order chi connectivity index (χ0) is 21.8. The van der Waals surface area contributed by atoms with E-state index in [1.165, 1.54) is 0 Å². The number of fused-ring (bicyclic) bond motifs is 1. The molecule has 0 radical (unpaired) electrons. The Balaban J connectivity index is 1.24. The monoisotopic (exact) mass is 416 g/mol. The third-order valence-corrected chi connectivity index (χ3v) is 5.27. The minimum atomic E-state index is -0.346. The third-order valence-electron chi connectivity index (χ3n) is 5.27. The molecule has 2 N–H and O–H groups in total. The van der Waals surface area contributed by atoms with Crippen LogP contribution in [-0.2, 0) is 0 Å². The van der Waals surface area contributed by atoms with Gasteiger partial charge in [0.2, 0.25) is 0 Å². The minimum Gasteiger partial charge on any atom is -0.272 e. The van der Waals surface area contributed by atoms with Gasteiger partial charge >= 0.3 is 0 Å². The molecule has 1 aromatic heterocycles. The Kier molecular flexibility index (Phi) is 5.29. The summed E-state index contributed by atoms with van der Waals surface area (Å²) in [6, 6.07) is 34.1. The quantitative estimate of drug-likeness (QED) is 0.287. The second kappa shape index (κ2) is 8.70. The lowest BCUT2D eigenvalue weighted by atomic mass is 10.0. The maximum Gasteiger partial charge on any atom is 0.289 e. The van der Waals surface area contributed by atoms with Crippen LogP contribution in [0.5, 0.6) is 0 Å². The Morgan fingerprint density at radius 3 is 2.25 bits per heavy atom. The molecular weight excluding hydrogens is 396 g/mol. The second-order valence-corrected chi connectivity index (χ2v) is 7.42. The van der Waals surface area contributed by atoms with Crippen molar-refractivity contribution in [3.8, 4) is 22.4 Å². The van der Waals surface area contributed by atoms with Crippen molar-refractivity contribution in [1.29, 1.82) is 0 Å². The normalized spacial score (nSPS) is 11.1. The van der Waals surface area contributed by atoms with Gasteiger partial charge in [0.05, 0.1) is 11.9 Å². The van der Waals surface area contributed by atoms with E-state index < -0.39 is 0 Å².